The van der Waals surface area contributed by atoms with Gasteiger partial charge in [-0.15, -0.1) is 5.10 Å². The van der Waals surface area contributed by atoms with Gasteiger partial charge in [-0.3, -0.25) is 4.79 Å². The quantitative estimate of drug-likeness (QED) is 0.814. The SMILES string of the molecule is O=C(O)C1CN(CCCc2n[nH]c(=O)o2)C[C@H]1c1ccc(F)cc1F. The van der Waals surface area contributed by atoms with Crippen molar-refractivity contribution in [3.05, 3.63) is 51.8 Å². The molecule has 0 spiro atoms. The number of benzene rings is 1. The Balaban J connectivity index is 1.65. The van der Waals surface area contributed by atoms with Gasteiger partial charge in [0.05, 0.1) is 5.92 Å². The Hall–Kier alpha value is -2.55. The van der Waals surface area contributed by atoms with E-state index < -0.39 is 35.2 Å². The lowest BCUT2D eigenvalue weighted by molar-refractivity contribution is -0.141. The zero-order valence-electron chi connectivity index (χ0n) is 13.2. The summed E-state index contributed by atoms with van der Waals surface area (Å²) in [4.78, 5) is 24.3. The van der Waals surface area contributed by atoms with Gasteiger partial charge >= 0.3 is 11.7 Å². The second kappa shape index (κ2) is 7.14. The first-order chi connectivity index (χ1) is 11.9. The molecule has 1 aromatic carbocycles. The molecule has 2 N–H and O–H groups in total. The van der Waals surface area contributed by atoms with Crippen LogP contribution in [-0.4, -0.2) is 45.8 Å². The number of aliphatic carboxylic acids is 1. The van der Waals surface area contributed by atoms with Crippen LogP contribution in [0.2, 0.25) is 0 Å². The number of carboxylic acid groups (broad SMARTS) is 1. The second-order valence-corrected chi connectivity index (χ2v) is 6.09. The van der Waals surface area contributed by atoms with Crippen LogP contribution in [0.15, 0.2) is 27.4 Å². The van der Waals surface area contributed by atoms with Crippen LogP contribution < -0.4 is 5.76 Å². The molecule has 9 heteroatoms. The maximum Gasteiger partial charge on any atom is 0.434 e. The van der Waals surface area contributed by atoms with E-state index in [1.165, 1.54) is 6.07 Å². The van der Waals surface area contributed by atoms with Crippen LogP contribution in [0.1, 0.15) is 23.8 Å². The Bertz CT molecular complexity index is 820. The van der Waals surface area contributed by atoms with Crippen molar-refractivity contribution in [3.8, 4) is 0 Å². The molecule has 2 aromatic rings. The van der Waals surface area contributed by atoms with Gasteiger partial charge in [0.1, 0.15) is 11.6 Å². The van der Waals surface area contributed by atoms with Gasteiger partial charge in [-0.2, -0.15) is 0 Å². The second-order valence-electron chi connectivity index (χ2n) is 6.09. The van der Waals surface area contributed by atoms with Crippen LogP contribution in [0.25, 0.3) is 0 Å². The molecular formula is C16H17F2N3O4. The van der Waals surface area contributed by atoms with Gasteiger partial charge in [-0.25, -0.2) is 18.7 Å². The lowest BCUT2D eigenvalue weighted by Gasteiger charge is -2.16. The maximum absolute atomic E-state index is 14.0. The number of aromatic amines is 1. The number of aryl methyl sites for hydroxylation is 1. The van der Waals surface area contributed by atoms with Crippen LogP contribution in [0.3, 0.4) is 0 Å². The Morgan fingerprint density at radius 1 is 1.40 bits per heavy atom. The Kier molecular flexibility index (Phi) is 4.93. The Morgan fingerprint density at radius 2 is 2.20 bits per heavy atom. The smallest absolute Gasteiger partial charge is 0.434 e. The monoisotopic (exact) mass is 353 g/mol. The molecule has 0 radical (unpaired) electrons. The number of nitrogens with zero attached hydrogens (tertiary/aromatic N) is 2. The predicted molar refractivity (Wildman–Crippen MR) is 82.1 cm³/mol. The lowest BCUT2D eigenvalue weighted by atomic mass is 9.88. The van der Waals surface area contributed by atoms with E-state index >= 15 is 0 Å². The minimum absolute atomic E-state index is 0.217. The summed E-state index contributed by atoms with van der Waals surface area (Å²) in [5, 5.41) is 15.3. The first kappa shape index (κ1) is 17.3. The van der Waals surface area contributed by atoms with Crippen LogP contribution in [0.4, 0.5) is 8.78 Å². The van der Waals surface area contributed by atoms with Crippen LogP contribution in [-0.2, 0) is 11.2 Å². The number of rotatable bonds is 6. The molecule has 0 bridgehead atoms. The van der Waals surface area contributed by atoms with Gasteiger partial charge < -0.3 is 14.4 Å². The molecule has 1 aliphatic rings. The number of carbonyl (C=O) groups is 1. The molecule has 2 heterocycles. The summed E-state index contributed by atoms with van der Waals surface area (Å²) in [7, 11) is 0. The molecule has 134 valence electrons. The molecule has 2 atom stereocenters. The zero-order chi connectivity index (χ0) is 18.0. The number of hydrogen-bond acceptors (Lipinski definition) is 5. The fraction of sp³-hybridized carbons (Fsp3) is 0.438. The summed E-state index contributed by atoms with van der Waals surface area (Å²) in [6.07, 6.45) is 1.04. The van der Waals surface area contributed by atoms with E-state index in [2.05, 4.69) is 10.2 Å². The van der Waals surface area contributed by atoms with E-state index in [4.69, 9.17) is 4.42 Å². The highest BCUT2D eigenvalue weighted by Gasteiger charge is 2.39. The van der Waals surface area contributed by atoms with Crippen LogP contribution in [0.5, 0.6) is 0 Å². The molecule has 0 saturated carbocycles. The molecule has 0 aliphatic carbocycles. The van der Waals surface area contributed by atoms with E-state index in [0.29, 0.717) is 31.8 Å². The van der Waals surface area contributed by atoms with Gasteiger partial charge in [-0.1, -0.05) is 6.07 Å². The molecular weight excluding hydrogens is 336 g/mol. The molecule has 7 nitrogen and oxygen atoms in total. The summed E-state index contributed by atoms with van der Waals surface area (Å²) in [5.41, 5.74) is 0.217. The van der Waals surface area contributed by atoms with E-state index in [1.54, 1.807) is 0 Å². The van der Waals surface area contributed by atoms with Crippen molar-refractivity contribution in [3.63, 3.8) is 0 Å². The van der Waals surface area contributed by atoms with Gasteiger partial charge in [0, 0.05) is 31.5 Å². The summed E-state index contributed by atoms with van der Waals surface area (Å²) in [6.45, 7) is 1.20. The number of likely N-dealkylation sites (tertiary alicyclic amines) is 1. The van der Waals surface area contributed by atoms with Crippen molar-refractivity contribution in [2.45, 2.75) is 18.8 Å². The summed E-state index contributed by atoms with van der Waals surface area (Å²) >= 11 is 0. The third-order valence-electron chi connectivity index (χ3n) is 4.42. The average molecular weight is 353 g/mol. The molecule has 3 rings (SSSR count). The topological polar surface area (TPSA) is 99.4 Å². The maximum atomic E-state index is 14.0. The van der Waals surface area contributed by atoms with E-state index in [-0.39, 0.29) is 12.1 Å². The highest BCUT2D eigenvalue weighted by Crippen LogP contribution is 2.34. The van der Waals surface area contributed by atoms with Gasteiger partial charge in [0.15, 0.2) is 0 Å². The predicted octanol–water partition coefficient (Wildman–Crippen LogP) is 1.37. The Morgan fingerprint density at radius 3 is 2.84 bits per heavy atom. The minimum atomic E-state index is -1.01. The molecule has 1 saturated heterocycles. The third-order valence-corrected chi connectivity index (χ3v) is 4.42. The molecule has 1 fully saturated rings. The van der Waals surface area contributed by atoms with Crippen molar-refractivity contribution < 1.29 is 23.1 Å². The van der Waals surface area contributed by atoms with Crippen LogP contribution in [0, 0.1) is 17.6 Å². The lowest BCUT2D eigenvalue weighted by Crippen LogP contribution is -2.24. The minimum Gasteiger partial charge on any atom is -0.481 e. The molecule has 1 unspecified atom stereocenters. The first-order valence-electron chi connectivity index (χ1n) is 7.88. The summed E-state index contributed by atoms with van der Waals surface area (Å²) < 4.78 is 31.9. The number of aromatic nitrogens is 2. The number of hydrogen-bond donors (Lipinski definition) is 2. The average Bonchev–Trinajstić information content (AvgIpc) is 3.14. The zero-order valence-corrected chi connectivity index (χ0v) is 13.2. The highest BCUT2D eigenvalue weighted by atomic mass is 19.1. The fourth-order valence-electron chi connectivity index (χ4n) is 3.26. The van der Waals surface area contributed by atoms with Gasteiger partial charge in [-0.05, 0) is 24.6 Å². The van der Waals surface area contributed by atoms with Gasteiger partial charge in [0.25, 0.3) is 0 Å². The first-order valence-corrected chi connectivity index (χ1v) is 7.88. The molecule has 1 aromatic heterocycles. The third kappa shape index (κ3) is 3.93. The van der Waals surface area contributed by atoms with E-state index in [0.717, 1.165) is 12.1 Å². The largest absolute Gasteiger partial charge is 0.481 e. The van der Waals surface area contributed by atoms with E-state index in [9.17, 15) is 23.5 Å². The van der Waals surface area contributed by atoms with Crippen LogP contribution >= 0.6 is 0 Å². The van der Waals surface area contributed by atoms with Crippen molar-refractivity contribution in [2.75, 3.05) is 19.6 Å². The number of H-pyrrole nitrogens is 1. The standard InChI is InChI=1S/C16H17F2N3O4/c17-9-3-4-10(13(18)6-9)11-7-21(8-12(11)15(22)23)5-1-2-14-19-20-16(24)25-14/h3-4,6,11-12H,1-2,5,7-8H2,(H,20,24)(H,22,23)/t11-,12?/m0/s1. The highest BCUT2D eigenvalue weighted by molar-refractivity contribution is 5.72. The normalized spacial score (nSPS) is 20.9. The molecule has 0 amide bonds. The molecule has 25 heavy (non-hydrogen) atoms. The number of halogens is 2. The van der Waals surface area contributed by atoms with E-state index in [1.807, 2.05) is 4.90 Å². The van der Waals surface area contributed by atoms with Crippen molar-refractivity contribution in [2.24, 2.45) is 5.92 Å². The Labute approximate surface area is 141 Å². The molecule has 1 aliphatic heterocycles. The summed E-state index contributed by atoms with van der Waals surface area (Å²) in [5.74, 6) is -4.05. The van der Waals surface area contributed by atoms with Gasteiger partial charge in [0.2, 0.25) is 5.89 Å². The fourth-order valence-corrected chi connectivity index (χ4v) is 3.26. The van der Waals surface area contributed by atoms with Crippen molar-refractivity contribution in [1.29, 1.82) is 0 Å². The van der Waals surface area contributed by atoms with Crippen molar-refractivity contribution in [1.82, 2.24) is 15.1 Å². The van der Waals surface area contributed by atoms with Crippen molar-refractivity contribution >= 4 is 5.97 Å². The summed E-state index contributed by atoms with van der Waals surface area (Å²) in [6, 6.07) is 3.23. The number of carboxylic acids is 1. The number of nitrogens with one attached hydrogen (secondary N) is 1.